The molecule has 220 valence electrons. The van der Waals surface area contributed by atoms with Gasteiger partial charge in [0.2, 0.25) is 0 Å². The maximum absolute atomic E-state index is 13.2. The highest BCUT2D eigenvalue weighted by Gasteiger charge is 2.35. The Labute approximate surface area is 251 Å². The number of pyridine rings is 1. The van der Waals surface area contributed by atoms with Gasteiger partial charge >= 0.3 is 6.03 Å². The topological polar surface area (TPSA) is 95.5 Å². The number of anilines is 3. The molecule has 0 radical (unpaired) electrons. The van der Waals surface area contributed by atoms with Crippen molar-refractivity contribution < 1.29 is 9.59 Å². The Morgan fingerprint density at radius 1 is 0.837 bits per heavy atom. The zero-order valence-electron chi connectivity index (χ0n) is 24.4. The molecule has 0 spiro atoms. The summed E-state index contributed by atoms with van der Waals surface area (Å²) in [6.45, 7) is 4.76. The number of fused-ring (bicyclic) bond motifs is 4. The van der Waals surface area contributed by atoms with Gasteiger partial charge in [0.1, 0.15) is 0 Å². The number of rotatable bonds is 8. The number of aromatic nitrogens is 1. The molecule has 3 N–H and O–H groups in total. The van der Waals surface area contributed by atoms with Crippen LogP contribution in [-0.2, 0) is 19.4 Å². The van der Waals surface area contributed by atoms with Crippen LogP contribution < -0.4 is 26.4 Å². The van der Waals surface area contributed by atoms with Crippen molar-refractivity contribution in [2.45, 2.75) is 38.6 Å². The Morgan fingerprint density at radius 2 is 1.65 bits per heavy atom. The van der Waals surface area contributed by atoms with E-state index < -0.39 is 0 Å². The van der Waals surface area contributed by atoms with Gasteiger partial charge in [0, 0.05) is 55.1 Å². The molecule has 4 aromatic rings. The summed E-state index contributed by atoms with van der Waals surface area (Å²) in [5.74, 6) is 0.331. The zero-order valence-corrected chi connectivity index (χ0v) is 24.4. The number of hydrogen-bond donors (Lipinski definition) is 3. The smallest absolute Gasteiger partial charge is 0.323 e. The highest BCUT2D eigenvalue weighted by molar-refractivity contribution is 6.04. The fraction of sp³-hybridized carbons (Fsp3) is 0.286. The molecule has 1 aromatic heterocycles. The normalized spacial score (nSPS) is 17.1. The highest BCUT2D eigenvalue weighted by atomic mass is 16.2. The van der Waals surface area contributed by atoms with E-state index in [1.165, 1.54) is 5.56 Å². The number of nitrogens with zero attached hydrogens (tertiary/aromatic N) is 2. The van der Waals surface area contributed by atoms with Crippen LogP contribution in [0.3, 0.4) is 0 Å². The van der Waals surface area contributed by atoms with Gasteiger partial charge < -0.3 is 25.4 Å². The van der Waals surface area contributed by atoms with Crippen LogP contribution in [0.2, 0.25) is 0 Å². The second-order valence-corrected chi connectivity index (χ2v) is 11.5. The molecule has 6 rings (SSSR count). The molecule has 2 aliphatic heterocycles. The summed E-state index contributed by atoms with van der Waals surface area (Å²) in [6, 6.07) is 28.5. The summed E-state index contributed by atoms with van der Waals surface area (Å²) >= 11 is 0. The predicted molar refractivity (Wildman–Crippen MR) is 171 cm³/mol. The number of carbonyl (C=O) groups is 2. The van der Waals surface area contributed by atoms with Crippen molar-refractivity contribution in [3.05, 3.63) is 124 Å². The quantitative estimate of drug-likeness (QED) is 0.253. The van der Waals surface area contributed by atoms with Crippen molar-refractivity contribution in [2.24, 2.45) is 5.92 Å². The predicted octanol–water partition coefficient (Wildman–Crippen LogP) is 5.65. The van der Waals surface area contributed by atoms with Gasteiger partial charge in [-0.25, -0.2) is 4.79 Å². The van der Waals surface area contributed by atoms with E-state index >= 15 is 0 Å². The minimum absolute atomic E-state index is 0.0503. The molecule has 3 amide bonds. The minimum atomic E-state index is -0.374. The van der Waals surface area contributed by atoms with Crippen LogP contribution in [0.25, 0.3) is 0 Å². The van der Waals surface area contributed by atoms with Crippen LogP contribution in [-0.4, -0.2) is 36.1 Å². The van der Waals surface area contributed by atoms with Gasteiger partial charge in [-0.3, -0.25) is 9.59 Å². The van der Waals surface area contributed by atoms with E-state index in [0.29, 0.717) is 35.9 Å². The largest absolute Gasteiger partial charge is 0.369 e. The van der Waals surface area contributed by atoms with Crippen LogP contribution in [0.5, 0.6) is 0 Å². The van der Waals surface area contributed by atoms with Gasteiger partial charge in [0.25, 0.3) is 11.5 Å². The summed E-state index contributed by atoms with van der Waals surface area (Å²) in [4.78, 5) is 41.2. The SMILES string of the molecule is CCc1ccc(NC(=O)Nc2cc(C(=O)NCCc3ccccc3)ccc2N2C[C@H]3C[C@@H](C2)c2cccc(=O)n2C3)cc1. The standard InChI is InChI=1S/C35H37N5O3/c1-2-24-11-14-29(15-12-24)37-35(43)38-30-20-27(34(42)36-18-17-25-7-4-3-5-8-25)13-16-32(30)39-21-26-19-28(23-39)31-9-6-10-33(41)40(31)22-26/h3-16,20,26,28H,2,17-19,21-23H2,1H3,(H,36,42)(H2,37,38,43)/t26-,28+/m1/s1. The molecular formula is C35H37N5O3. The lowest BCUT2D eigenvalue weighted by molar-refractivity contribution is 0.0954. The maximum Gasteiger partial charge on any atom is 0.323 e. The monoisotopic (exact) mass is 575 g/mol. The lowest BCUT2D eigenvalue weighted by Crippen LogP contribution is -2.47. The molecule has 2 aliphatic rings. The van der Waals surface area contributed by atoms with Gasteiger partial charge in [-0.15, -0.1) is 0 Å². The zero-order chi connectivity index (χ0) is 29.8. The van der Waals surface area contributed by atoms with Crippen LogP contribution in [0.4, 0.5) is 21.9 Å². The average molecular weight is 576 g/mol. The third kappa shape index (κ3) is 6.48. The molecule has 2 bridgehead atoms. The fourth-order valence-corrected chi connectivity index (χ4v) is 6.32. The van der Waals surface area contributed by atoms with E-state index in [0.717, 1.165) is 49.3 Å². The van der Waals surface area contributed by atoms with Crippen molar-refractivity contribution in [1.82, 2.24) is 9.88 Å². The van der Waals surface area contributed by atoms with Gasteiger partial charge in [-0.1, -0.05) is 55.5 Å². The highest BCUT2D eigenvalue weighted by Crippen LogP contribution is 2.39. The summed E-state index contributed by atoms with van der Waals surface area (Å²) < 4.78 is 1.91. The molecule has 0 aliphatic carbocycles. The molecule has 3 heterocycles. The minimum Gasteiger partial charge on any atom is -0.369 e. The molecule has 8 heteroatoms. The van der Waals surface area contributed by atoms with Gasteiger partial charge in [0.05, 0.1) is 11.4 Å². The lowest BCUT2D eigenvalue weighted by atomic mass is 9.83. The van der Waals surface area contributed by atoms with E-state index in [1.54, 1.807) is 12.1 Å². The number of hydrogen-bond acceptors (Lipinski definition) is 4. The summed E-state index contributed by atoms with van der Waals surface area (Å²) in [5.41, 5.74) is 6.07. The lowest BCUT2D eigenvalue weighted by Gasteiger charge is -2.44. The summed E-state index contributed by atoms with van der Waals surface area (Å²) in [6.07, 6.45) is 2.68. The molecule has 3 aromatic carbocycles. The fourth-order valence-electron chi connectivity index (χ4n) is 6.32. The van der Waals surface area contributed by atoms with Crippen LogP contribution in [0, 0.1) is 5.92 Å². The number of amides is 3. The molecule has 0 saturated carbocycles. The van der Waals surface area contributed by atoms with E-state index in [2.05, 4.69) is 27.8 Å². The molecule has 43 heavy (non-hydrogen) atoms. The van der Waals surface area contributed by atoms with Crippen molar-refractivity contribution in [1.29, 1.82) is 0 Å². The number of benzene rings is 3. The molecule has 2 atom stereocenters. The third-order valence-electron chi connectivity index (χ3n) is 8.49. The Kier molecular flexibility index (Phi) is 8.27. The second-order valence-electron chi connectivity index (χ2n) is 11.5. The van der Waals surface area contributed by atoms with Crippen LogP contribution in [0.15, 0.2) is 95.8 Å². The van der Waals surface area contributed by atoms with E-state index in [9.17, 15) is 14.4 Å². The average Bonchev–Trinajstić information content (AvgIpc) is 3.02. The van der Waals surface area contributed by atoms with E-state index in [1.807, 2.05) is 83.4 Å². The summed E-state index contributed by atoms with van der Waals surface area (Å²) in [7, 11) is 0. The second kappa shape index (κ2) is 12.6. The molecule has 8 nitrogen and oxygen atoms in total. The number of aryl methyl sites for hydroxylation is 1. The van der Waals surface area contributed by atoms with Gasteiger partial charge in [0.15, 0.2) is 0 Å². The Morgan fingerprint density at radius 3 is 2.44 bits per heavy atom. The third-order valence-corrected chi connectivity index (χ3v) is 8.49. The van der Waals surface area contributed by atoms with Crippen LogP contribution >= 0.6 is 0 Å². The molecule has 1 saturated heterocycles. The maximum atomic E-state index is 13.2. The molecule has 0 unspecified atom stereocenters. The Hall–Kier alpha value is -4.85. The van der Waals surface area contributed by atoms with Gasteiger partial charge in [-0.2, -0.15) is 0 Å². The first kappa shape index (κ1) is 28.3. The first-order valence-electron chi connectivity index (χ1n) is 15.0. The van der Waals surface area contributed by atoms with Crippen LogP contribution in [0.1, 0.15) is 46.4 Å². The number of carbonyl (C=O) groups excluding carboxylic acids is 2. The van der Waals surface area contributed by atoms with E-state index in [4.69, 9.17) is 0 Å². The number of urea groups is 1. The molecule has 1 fully saturated rings. The van der Waals surface area contributed by atoms with Crippen molar-refractivity contribution in [3.8, 4) is 0 Å². The van der Waals surface area contributed by atoms with E-state index in [-0.39, 0.29) is 23.4 Å². The van der Waals surface area contributed by atoms with Gasteiger partial charge in [-0.05, 0) is 72.7 Å². The molecular weight excluding hydrogens is 538 g/mol. The first-order chi connectivity index (χ1) is 21.0. The first-order valence-corrected chi connectivity index (χ1v) is 15.0. The van der Waals surface area contributed by atoms with Crippen molar-refractivity contribution >= 4 is 29.0 Å². The number of piperidine rings is 1. The summed E-state index contributed by atoms with van der Waals surface area (Å²) in [5, 5.41) is 8.97. The van der Waals surface area contributed by atoms with Crippen molar-refractivity contribution in [2.75, 3.05) is 35.2 Å². The Balaban J connectivity index is 1.23. The number of nitrogens with one attached hydrogen (secondary N) is 3. The Bertz CT molecular complexity index is 1670. The van der Waals surface area contributed by atoms with Crippen molar-refractivity contribution in [3.63, 3.8) is 0 Å².